The van der Waals surface area contributed by atoms with Gasteiger partial charge in [0.25, 0.3) is 0 Å². The molecule has 0 spiro atoms. The van der Waals surface area contributed by atoms with Crippen molar-refractivity contribution in [3.8, 4) is 0 Å². The number of hydrogen-bond donors (Lipinski definition) is 0. The van der Waals surface area contributed by atoms with E-state index in [2.05, 4.69) is 29.2 Å². The lowest BCUT2D eigenvalue weighted by Crippen LogP contribution is -2.15. The molecular weight excluding hydrogens is 168 g/mol. The first kappa shape index (κ1) is 8.17. The third-order valence-corrected chi connectivity index (χ3v) is 3.45. The van der Waals surface area contributed by atoms with E-state index in [1.165, 1.54) is 24.2 Å². The predicted molar refractivity (Wildman–Crippen MR) is 51.5 cm³/mol. The van der Waals surface area contributed by atoms with Crippen molar-refractivity contribution in [2.24, 2.45) is 0 Å². The van der Waals surface area contributed by atoms with Gasteiger partial charge in [-0.1, -0.05) is 6.92 Å². The third-order valence-electron chi connectivity index (χ3n) is 2.77. The zero-order valence-electron chi connectivity index (χ0n) is 7.58. The zero-order chi connectivity index (χ0) is 8.60. The maximum absolute atomic E-state index is 4.39. The summed E-state index contributed by atoms with van der Waals surface area (Å²) in [5, 5.41) is 4.39. The van der Waals surface area contributed by atoms with Gasteiger partial charge in [0, 0.05) is 11.1 Å². The van der Waals surface area contributed by atoms with Gasteiger partial charge in [-0.05, 0) is 25.5 Å². The molecule has 0 saturated heterocycles. The second-order valence-corrected chi connectivity index (χ2v) is 4.28. The van der Waals surface area contributed by atoms with Crippen LogP contribution in [0.2, 0.25) is 0 Å². The lowest BCUT2D eigenvalue weighted by Gasteiger charge is -2.12. The molecule has 1 aromatic heterocycles. The lowest BCUT2D eigenvalue weighted by molar-refractivity contribution is 0.417. The topological polar surface area (TPSA) is 17.8 Å². The summed E-state index contributed by atoms with van der Waals surface area (Å²) in [6, 6.07) is 0. The Morgan fingerprint density at radius 3 is 2.83 bits per heavy atom. The van der Waals surface area contributed by atoms with Gasteiger partial charge in [0.15, 0.2) is 0 Å². The van der Waals surface area contributed by atoms with E-state index in [-0.39, 0.29) is 0 Å². The number of aromatic nitrogens is 2. The highest BCUT2D eigenvalue weighted by Gasteiger charge is 2.43. The average molecular weight is 182 g/mol. The van der Waals surface area contributed by atoms with Crippen LogP contribution in [-0.4, -0.2) is 16.0 Å². The van der Waals surface area contributed by atoms with Crippen molar-refractivity contribution in [2.75, 3.05) is 6.26 Å². The van der Waals surface area contributed by atoms with Crippen molar-refractivity contribution in [1.29, 1.82) is 0 Å². The van der Waals surface area contributed by atoms with Crippen LogP contribution in [0.3, 0.4) is 0 Å². The van der Waals surface area contributed by atoms with Gasteiger partial charge in [-0.15, -0.1) is 11.8 Å². The highest BCUT2D eigenvalue weighted by molar-refractivity contribution is 7.98. The van der Waals surface area contributed by atoms with Crippen LogP contribution < -0.4 is 0 Å². The fraction of sp³-hybridized carbons (Fsp3) is 0.667. The molecule has 0 unspecified atom stereocenters. The van der Waals surface area contributed by atoms with Crippen LogP contribution in [0, 0.1) is 0 Å². The van der Waals surface area contributed by atoms with Crippen molar-refractivity contribution >= 4 is 11.8 Å². The third kappa shape index (κ3) is 1.16. The van der Waals surface area contributed by atoms with E-state index < -0.39 is 0 Å². The minimum atomic E-state index is 0.397. The Morgan fingerprint density at radius 2 is 2.42 bits per heavy atom. The largest absolute Gasteiger partial charge is 0.266 e. The Labute approximate surface area is 77.3 Å². The summed E-state index contributed by atoms with van der Waals surface area (Å²) in [6.07, 6.45) is 10.0. The molecule has 0 N–H and O–H groups in total. The Kier molecular flexibility index (Phi) is 1.91. The minimum Gasteiger partial charge on any atom is -0.266 e. The molecule has 2 nitrogen and oxygen atoms in total. The smallest absolute Gasteiger partial charge is 0.0627 e. The molecular formula is C9H14N2S. The van der Waals surface area contributed by atoms with E-state index in [4.69, 9.17) is 0 Å². The normalized spacial score (nSPS) is 19.5. The van der Waals surface area contributed by atoms with Crippen LogP contribution in [-0.2, 0) is 5.54 Å². The highest BCUT2D eigenvalue weighted by atomic mass is 32.2. The van der Waals surface area contributed by atoms with Gasteiger partial charge in [-0.3, -0.25) is 4.68 Å². The van der Waals surface area contributed by atoms with Gasteiger partial charge in [0.05, 0.1) is 11.7 Å². The van der Waals surface area contributed by atoms with Crippen molar-refractivity contribution in [2.45, 2.75) is 36.6 Å². The molecule has 0 aliphatic heterocycles. The van der Waals surface area contributed by atoms with E-state index in [0.717, 1.165) is 0 Å². The Balaban J connectivity index is 2.23. The van der Waals surface area contributed by atoms with Gasteiger partial charge in [-0.2, -0.15) is 5.10 Å². The van der Waals surface area contributed by atoms with E-state index in [1.807, 2.05) is 6.20 Å². The van der Waals surface area contributed by atoms with Gasteiger partial charge in [-0.25, -0.2) is 0 Å². The summed E-state index contributed by atoms with van der Waals surface area (Å²) >= 11 is 1.76. The zero-order valence-corrected chi connectivity index (χ0v) is 8.40. The fourth-order valence-corrected chi connectivity index (χ4v) is 1.92. The van der Waals surface area contributed by atoms with Crippen LogP contribution in [0.5, 0.6) is 0 Å². The highest BCUT2D eigenvalue weighted by Crippen LogP contribution is 2.46. The number of nitrogens with zero attached hydrogens (tertiary/aromatic N) is 2. The van der Waals surface area contributed by atoms with Crippen molar-refractivity contribution in [1.82, 2.24) is 9.78 Å². The van der Waals surface area contributed by atoms with E-state index in [1.54, 1.807) is 11.8 Å². The number of thioether (sulfide) groups is 1. The fourth-order valence-electron chi connectivity index (χ4n) is 1.56. The second-order valence-electron chi connectivity index (χ2n) is 3.40. The minimum absolute atomic E-state index is 0.397. The van der Waals surface area contributed by atoms with Crippen LogP contribution in [0.1, 0.15) is 26.2 Å². The van der Waals surface area contributed by atoms with E-state index in [0.29, 0.717) is 5.54 Å². The van der Waals surface area contributed by atoms with Crippen LogP contribution in [0.25, 0.3) is 0 Å². The van der Waals surface area contributed by atoms with Crippen molar-refractivity contribution in [3.05, 3.63) is 12.4 Å². The van der Waals surface area contributed by atoms with Crippen LogP contribution in [0.15, 0.2) is 17.3 Å². The molecule has 3 heteroatoms. The number of hydrogen-bond acceptors (Lipinski definition) is 2. The maximum Gasteiger partial charge on any atom is 0.0627 e. The molecule has 2 rings (SSSR count). The first-order valence-corrected chi connectivity index (χ1v) is 5.62. The quantitative estimate of drug-likeness (QED) is 0.668. The van der Waals surface area contributed by atoms with Crippen molar-refractivity contribution in [3.63, 3.8) is 0 Å². The summed E-state index contributed by atoms with van der Waals surface area (Å²) in [5.74, 6) is 0. The summed E-state index contributed by atoms with van der Waals surface area (Å²) in [7, 11) is 0. The van der Waals surface area contributed by atoms with Crippen LogP contribution in [0.4, 0.5) is 0 Å². The SMILES string of the molecule is CCC1(n2cc(SC)cn2)CC1. The van der Waals surface area contributed by atoms with Gasteiger partial charge in [0.1, 0.15) is 0 Å². The van der Waals surface area contributed by atoms with E-state index >= 15 is 0 Å². The molecule has 0 aromatic carbocycles. The molecule has 66 valence electrons. The van der Waals surface area contributed by atoms with Crippen LogP contribution >= 0.6 is 11.8 Å². The molecule has 1 aliphatic rings. The monoisotopic (exact) mass is 182 g/mol. The summed E-state index contributed by atoms with van der Waals surface area (Å²) in [4.78, 5) is 1.27. The summed E-state index contributed by atoms with van der Waals surface area (Å²) < 4.78 is 2.15. The van der Waals surface area contributed by atoms with Gasteiger partial charge in [0.2, 0.25) is 0 Å². The lowest BCUT2D eigenvalue weighted by atomic mass is 10.2. The van der Waals surface area contributed by atoms with Gasteiger partial charge < -0.3 is 0 Å². The maximum atomic E-state index is 4.39. The van der Waals surface area contributed by atoms with Crippen molar-refractivity contribution < 1.29 is 0 Å². The Hall–Kier alpha value is -0.440. The summed E-state index contributed by atoms with van der Waals surface area (Å²) in [5.41, 5.74) is 0.397. The molecule has 0 bridgehead atoms. The summed E-state index contributed by atoms with van der Waals surface area (Å²) in [6.45, 7) is 2.24. The molecule has 0 atom stereocenters. The Morgan fingerprint density at radius 1 is 1.67 bits per heavy atom. The number of rotatable bonds is 3. The predicted octanol–water partition coefficient (Wildman–Crippen LogP) is 2.50. The molecule has 1 saturated carbocycles. The van der Waals surface area contributed by atoms with E-state index in [9.17, 15) is 0 Å². The Bertz CT molecular complexity index is 276. The molecule has 12 heavy (non-hydrogen) atoms. The second kappa shape index (κ2) is 2.80. The molecule has 0 radical (unpaired) electrons. The standard InChI is InChI=1S/C9H14N2S/c1-3-9(4-5-9)11-7-8(12-2)6-10-11/h6-7H,3-5H2,1-2H3. The first-order valence-electron chi connectivity index (χ1n) is 4.40. The first-order chi connectivity index (χ1) is 5.80. The molecule has 1 aromatic rings. The molecule has 0 amide bonds. The van der Waals surface area contributed by atoms with Gasteiger partial charge >= 0.3 is 0 Å². The average Bonchev–Trinajstić information content (AvgIpc) is 2.77. The molecule has 1 aliphatic carbocycles. The molecule has 1 heterocycles. The molecule has 1 fully saturated rings.